The molecule has 3 rings (SSSR count). The summed E-state index contributed by atoms with van der Waals surface area (Å²) < 4.78 is 84.9. The highest BCUT2D eigenvalue weighted by Crippen LogP contribution is 2.37. The number of amides is 2. The van der Waals surface area contributed by atoms with Crippen molar-refractivity contribution in [3.63, 3.8) is 0 Å². The van der Waals surface area contributed by atoms with Gasteiger partial charge in [0.25, 0.3) is 5.91 Å². The van der Waals surface area contributed by atoms with E-state index in [0.717, 1.165) is 0 Å². The molecule has 1 aliphatic heterocycles. The van der Waals surface area contributed by atoms with E-state index >= 15 is 0 Å². The number of halogens is 8. The van der Waals surface area contributed by atoms with Crippen molar-refractivity contribution in [1.82, 2.24) is 10.2 Å². The van der Waals surface area contributed by atoms with E-state index in [1.54, 1.807) is 26.8 Å². The zero-order valence-corrected chi connectivity index (χ0v) is 21.2. The highest BCUT2D eigenvalue weighted by atomic mass is 35.5. The van der Waals surface area contributed by atoms with E-state index in [9.17, 15) is 35.9 Å². The number of carbonyl (C=O) groups is 2. The van der Waals surface area contributed by atoms with Crippen LogP contribution in [0.4, 0.5) is 31.1 Å². The maximum absolute atomic E-state index is 13.3. The van der Waals surface area contributed by atoms with Crippen molar-refractivity contribution in [1.29, 1.82) is 0 Å². The molecule has 0 saturated carbocycles. The van der Waals surface area contributed by atoms with Crippen LogP contribution in [-0.4, -0.2) is 41.6 Å². The third kappa shape index (κ3) is 7.22. The van der Waals surface area contributed by atoms with Crippen LogP contribution in [0.15, 0.2) is 36.4 Å². The van der Waals surface area contributed by atoms with Crippen LogP contribution in [0.2, 0.25) is 10.0 Å². The number of nitrogens with zero attached hydrogens (tertiary/aromatic N) is 1. The second-order valence-corrected chi connectivity index (χ2v) is 10.4. The molecule has 1 fully saturated rings. The summed E-state index contributed by atoms with van der Waals surface area (Å²) in [5.74, 6) is -1.78. The molecule has 0 aliphatic carbocycles. The molecule has 2 atom stereocenters. The molecule has 5 nitrogen and oxygen atoms in total. The lowest BCUT2D eigenvalue weighted by atomic mass is 9.94. The molecular weight excluding hydrogens is 549 g/mol. The number of hydrogen-bond acceptors (Lipinski definition) is 3. The first-order chi connectivity index (χ1) is 16.8. The number of ether oxygens (including phenoxy) is 1. The maximum Gasteiger partial charge on any atom is 0.416 e. The summed E-state index contributed by atoms with van der Waals surface area (Å²) in [6, 6.07) is 4.35. The summed E-state index contributed by atoms with van der Waals surface area (Å²) in [5, 5.41) is 2.92. The van der Waals surface area contributed by atoms with Crippen molar-refractivity contribution < 1.29 is 40.7 Å². The van der Waals surface area contributed by atoms with Gasteiger partial charge in [-0.25, -0.2) is 4.79 Å². The molecular formula is C24H22Cl2F6N2O3. The zero-order valence-electron chi connectivity index (χ0n) is 19.7. The van der Waals surface area contributed by atoms with Crippen molar-refractivity contribution in [2.75, 3.05) is 13.1 Å². The largest absolute Gasteiger partial charge is 0.444 e. The Bertz CT molecular complexity index is 1160. The average Bonchev–Trinajstić information content (AvgIpc) is 3.17. The highest BCUT2D eigenvalue weighted by molar-refractivity contribution is 6.42. The van der Waals surface area contributed by atoms with Crippen molar-refractivity contribution >= 4 is 35.2 Å². The number of nitrogens with one attached hydrogen (secondary N) is 1. The molecule has 0 aromatic heterocycles. The number of hydrogen-bond donors (Lipinski definition) is 1. The summed E-state index contributed by atoms with van der Waals surface area (Å²) in [5.41, 5.74) is -4.34. The minimum absolute atomic E-state index is 0.0359. The van der Waals surface area contributed by atoms with Gasteiger partial charge < -0.3 is 15.0 Å². The number of rotatable bonds is 3. The number of likely N-dealkylation sites (tertiary alicyclic amines) is 1. The van der Waals surface area contributed by atoms with E-state index < -0.39 is 58.6 Å². The Morgan fingerprint density at radius 1 is 0.892 bits per heavy atom. The first-order valence-electron chi connectivity index (χ1n) is 10.9. The molecule has 0 radical (unpaired) electrons. The molecule has 2 aromatic carbocycles. The predicted molar refractivity (Wildman–Crippen MR) is 125 cm³/mol. The topological polar surface area (TPSA) is 58.6 Å². The van der Waals surface area contributed by atoms with Crippen LogP contribution in [0.25, 0.3) is 0 Å². The molecule has 2 aromatic rings. The Hall–Kier alpha value is -2.66. The van der Waals surface area contributed by atoms with Gasteiger partial charge >= 0.3 is 18.4 Å². The van der Waals surface area contributed by atoms with Crippen LogP contribution in [0.5, 0.6) is 0 Å². The molecule has 202 valence electrons. The number of benzene rings is 2. The number of alkyl halides is 6. The molecule has 1 saturated heterocycles. The Kier molecular flexibility index (Phi) is 8.00. The highest BCUT2D eigenvalue weighted by Gasteiger charge is 2.41. The fraction of sp³-hybridized carbons (Fsp3) is 0.417. The molecule has 1 heterocycles. The van der Waals surface area contributed by atoms with E-state index in [1.807, 2.05) is 0 Å². The fourth-order valence-electron chi connectivity index (χ4n) is 3.84. The smallest absolute Gasteiger partial charge is 0.416 e. The lowest BCUT2D eigenvalue weighted by Gasteiger charge is -2.24. The normalized spacial score (nSPS) is 18.6. The van der Waals surface area contributed by atoms with Crippen LogP contribution in [0, 0.1) is 0 Å². The van der Waals surface area contributed by atoms with Gasteiger partial charge in [0.2, 0.25) is 0 Å². The molecule has 2 amide bonds. The van der Waals surface area contributed by atoms with Crippen molar-refractivity contribution in [3.8, 4) is 0 Å². The monoisotopic (exact) mass is 570 g/mol. The third-order valence-corrected chi connectivity index (χ3v) is 6.25. The molecule has 13 heteroatoms. The minimum atomic E-state index is -5.11. The van der Waals surface area contributed by atoms with E-state index in [-0.39, 0.29) is 29.2 Å². The number of carbonyl (C=O) groups excluding carboxylic acids is 2. The van der Waals surface area contributed by atoms with Gasteiger partial charge in [-0.3, -0.25) is 4.79 Å². The second-order valence-electron chi connectivity index (χ2n) is 9.54. The van der Waals surface area contributed by atoms with Crippen LogP contribution in [0.3, 0.4) is 0 Å². The summed E-state index contributed by atoms with van der Waals surface area (Å²) in [7, 11) is 0. The Labute approximate surface area is 218 Å². The van der Waals surface area contributed by atoms with E-state index in [0.29, 0.717) is 17.7 Å². The van der Waals surface area contributed by atoms with Gasteiger partial charge in [0.1, 0.15) is 5.60 Å². The van der Waals surface area contributed by atoms with Crippen LogP contribution in [-0.2, 0) is 17.1 Å². The molecule has 1 unspecified atom stereocenters. The summed E-state index contributed by atoms with van der Waals surface area (Å²) >= 11 is 12.1. The van der Waals surface area contributed by atoms with Gasteiger partial charge in [-0.05, 0) is 56.7 Å². The minimum Gasteiger partial charge on any atom is -0.444 e. The second kappa shape index (κ2) is 10.2. The van der Waals surface area contributed by atoms with E-state index in [1.165, 1.54) is 17.0 Å². The fourth-order valence-corrected chi connectivity index (χ4v) is 4.15. The van der Waals surface area contributed by atoms with E-state index in [2.05, 4.69) is 5.32 Å². The summed E-state index contributed by atoms with van der Waals surface area (Å²) in [6.45, 7) is 4.89. The van der Waals surface area contributed by atoms with Crippen molar-refractivity contribution in [2.45, 2.75) is 50.7 Å². The summed E-state index contributed by atoms with van der Waals surface area (Å²) in [6.07, 6.45) is -10.9. The van der Waals surface area contributed by atoms with Gasteiger partial charge in [0.05, 0.1) is 27.2 Å². The third-order valence-electron chi connectivity index (χ3n) is 5.51. The van der Waals surface area contributed by atoms with Crippen LogP contribution >= 0.6 is 23.2 Å². The molecule has 0 bridgehead atoms. The Morgan fingerprint density at radius 2 is 1.46 bits per heavy atom. The van der Waals surface area contributed by atoms with Crippen molar-refractivity contribution in [3.05, 3.63) is 68.7 Å². The molecule has 37 heavy (non-hydrogen) atoms. The summed E-state index contributed by atoms with van der Waals surface area (Å²) in [4.78, 5) is 26.9. The quantitative estimate of drug-likeness (QED) is 0.398. The van der Waals surface area contributed by atoms with Gasteiger partial charge in [-0.2, -0.15) is 26.3 Å². The maximum atomic E-state index is 13.3. The Balaban J connectivity index is 1.96. The Morgan fingerprint density at radius 3 is 1.95 bits per heavy atom. The standard InChI is InChI=1S/C24H22Cl2F6N2O3/c1-22(2,3)37-21(36)34-10-16(12-4-5-17(25)18(26)8-12)19(11-34)33-20(35)13-6-14(23(27,28)29)9-15(7-13)24(30,31)32/h4-9,16,19H,10-11H2,1-3H3,(H,33,35)/t16?,19-/m1/s1. The molecule has 1 N–H and O–H groups in total. The zero-order chi connectivity index (χ0) is 27.9. The average molecular weight is 571 g/mol. The first kappa shape index (κ1) is 28.9. The van der Waals surface area contributed by atoms with Crippen LogP contribution < -0.4 is 5.32 Å². The van der Waals surface area contributed by atoms with Gasteiger partial charge in [-0.1, -0.05) is 29.3 Å². The lowest BCUT2D eigenvalue weighted by Crippen LogP contribution is -2.41. The predicted octanol–water partition coefficient (Wildman–Crippen LogP) is 7.16. The molecule has 0 spiro atoms. The first-order valence-corrected chi connectivity index (χ1v) is 11.6. The van der Waals surface area contributed by atoms with Gasteiger partial charge in [0.15, 0.2) is 0 Å². The van der Waals surface area contributed by atoms with Crippen molar-refractivity contribution in [2.24, 2.45) is 0 Å². The van der Waals surface area contributed by atoms with Gasteiger partial charge in [-0.15, -0.1) is 0 Å². The van der Waals surface area contributed by atoms with Gasteiger partial charge in [0, 0.05) is 24.6 Å². The van der Waals surface area contributed by atoms with E-state index in [4.69, 9.17) is 27.9 Å². The molecule has 1 aliphatic rings. The SMILES string of the molecule is CC(C)(C)OC(=O)N1CC(c2ccc(Cl)c(Cl)c2)[C@H](NC(=O)c2cc(C(F)(F)F)cc(C(F)(F)F)c2)C1. The lowest BCUT2D eigenvalue weighted by molar-refractivity contribution is -0.143. The van der Waals surface area contributed by atoms with Crippen LogP contribution in [0.1, 0.15) is 53.7 Å².